The van der Waals surface area contributed by atoms with Crippen molar-refractivity contribution < 1.29 is 9.53 Å². The molecule has 2 heterocycles. The number of pyridine rings is 2. The van der Waals surface area contributed by atoms with Crippen LogP contribution in [0.2, 0.25) is 5.15 Å². The molecule has 0 spiro atoms. The lowest BCUT2D eigenvalue weighted by Crippen LogP contribution is -2.20. The molecule has 0 aliphatic carbocycles. The summed E-state index contributed by atoms with van der Waals surface area (Å²) in [5.41, 5.74) is 0. The van der Waals surface area contributed by atoms with E-state index in [-0.39, 0.29) is 0 Å². The molecule has 0 saturated carbocycles. The van der Waals surface area contributed by atoms with Gasteiger partial charge in [-0.3, -0.25) is 10.6 Å². The summed E-state index contributed by atoms with van der Waals surface area (Å²) < 4.78 is 5.03. The van der Waals surface area contributed by atoms with E-state index in [9.17, 15) is 4.79 Å². The fourth-order valence-corrected chi connectivity index (χ4v) is 1.51. The van der Waals surface area contributed by atoms with Crippen molar-refractivity contribution >= 4 is 29.3 Å². The van der Waals surface area contributed by atoms with Crippen molar-refractivity contribution in [1.29, 1.82) is 0 Å². The van der Waals surface area contributed by atoms with Gasteiger partial charge in [-0.25, -0.2) is 14.8 Å². The van der Waals surface area contributed by atoms with Crippen LogP contribution >= 0.6 is 11.6 Å². The van der Waals surface area contributed by atoms with Gasteiger partial charge in [0.1, 0.15) is 22.5 Å². The van der Waals surface area contributed by atoms with Gasteiger partial charge in [0.25, 0.3) is 0 Å². The van der Waals surface area contributed by atoms with Gasteiger partial charge in [-0.1, -0.05) is 17.7 Å². The van der Waals surface area contributed by atoms with Crippen molar-refractivity contribution in [3.05, 3.63) is 41.7 Å². The van der Waals surface area contributed by atoms with Gasteiger partial charge in [0.15, 0.2) is 0 Å². The Bertz CT molecular complexity index is 591. The highest BCUT2D eigenvalue weighted by Crippen LogP contribution is 2.14. The molecule has 0 atom stereocenters. The summed E-state index contributed by atoms with van der Waals surface area (Å²) in [6.07, 6.45) is 1.53. The maximum absolute atomic E-state index is 11.7. The van der Waals surface area contributed by atoms with E-state index in [1.807, 2.05) is 0 Å². The van der Waals surface area contributed by atoms with Crippen molar-refractivity contribution in [3.8, 4) is 5.75 Å². The Hall–Kier alpha value is -2.34. The summed E-state index contributed by atoms with van der Waals surface area (Å²) in [5, 5.41) is 5.41. The van der Waals surface area contributed by atoms with Crippen molar-refractivity contribution in [1.82, 2.24) is 9.97 Å². The van der Waals surface area contributed by atoms with Gasteiger partial charge >= 0.3 is 6.03 Å². The third-order valence-electron chi connectivity index (χ3n) is 2.17. The summed E-state index contributed by atoms with van der Waals surface area (Å²) >= 11 is 5.72. The minimum Gasteiger partial charge on any atom is -0.497 e. The number of anilines is 2. The number of nitrogens with zero attached hydrogens (tertiary/aromatic N) is 2. The summed E-state index contributed by atoms with van der Waals surface area (Å²) in [4.78, 5) is 19.6. The minimum atomic E-state index is -0.462. The van der Waals surface area contributed by atoms with Gasteiger partial charge in [-0.15, -0.1) is 0 Å². The molecular formula is C12H11ClN4O2. The number of hydrogen-bond acceptors (Lipinski definition) is 4. The van der Waals surface area contributed by atoms with Crippen LogP contribution in [0.15, 0.2) is 36.5 Å². The van der Waals surface area contributed by atoms with E-state index in [4.69, 9.17) is 16.3 Å². The molecule has 2 amide bonds. The predicted octanol–water partition coefficient (Wildman–Crippen LogP) is 2.78. The molecule has 98 valence electrons. The van der Waals surface area contributed by atoms with E-state index in [0.29, 0.717) is 22.5 Å². The van der Waals surface area contributed by atoms with Gasteiger partial charge in [0.2, 0.25) is 0 Å². The third kappa shape index (κ3) is 3.82. The second-order valence-electron chi connectivity index (χ2n) is 3.51. The zero-order valence-electron chi connectivity index (χ0n) is 10.1. The van der Waals surface area contributed by atoms with Crippen LogP contribution in [0, 0.1) is 0 Å². The molecule has 0 aliphatic rings. The molecule has 6 nitrogen and oxygen atoms in total. The van der Waals surface area contributed by atoms with Crippen LogP contribution < -0.4 is 15.4 Å². The Labute approximate surface area is 114 Å². The number of hydrogen-bond donors (Lipinski definition) is 2. The summed E-state index contributed by atoms with van der Waals surface area (Å²) in [6, 6.07) is 7.76. The molecule has 2 rings (SSSR count). The van der Waals surface area contributed by atoms with E-state index in [2.05, 4.69) is 20.6 Å². The van der Waals surface area contributed by atoms with Gasteiger partial charge in [-0.2, -0.15) is 0 Å². The first-order valence-corrected chi connectivity index (χ1v) is 5.76. The second kappa shape index (κ2) is 6.01. The smallest absolute Gasteiger partial charge is 0.326 e. The number of carbonyl (C=O) groups is 1. The summed E-state index contributed by atoms with van der Waals surface area (Å²) in [7, 11) is 1.54. The number of carbonyl (C=O) groups excluding carboxylic acids is 1. The summed E-state index contributed by atoms with van der Waals surface area (Å²) in [5.74, 6) is 1.33. The van der Waals surface area contributed by atoms with E-state index >= 15 is 0 Å². The quantitative estimate of drug-likeness (QED) is 0.847. The topological polar surface area (TPSA) is 76.1 Å². The van der Waals surface area contributed by atoms with E-state index < -0.39 is 6.03 Å². The number of urea groups is 1. The fourth-order valence-electron chi connectivity index (χ4n) is 1.35. The zero-order chi connectivity index (χ0) is 13.7. The van der Waals surface area contributed by atoms with Gasteiger partial charge in [-0.05, 0) is 18.2 Å². The Morgan fingerprint density at radius 2 is 2.05 bits per heavy atom. The fraction of sp³-hybridized carbons (Fsp3) is 0.0833. The molecule has 0 aromatic carbocycles. The Kier molecular flexibility index (Phi) is 4.15. The highest BCUT2D eigenvalue weighted by Gasteiger charge is 2.05. The first-order valence-electron chi connectivity index (χ1n) is 5.38. The molecular weight excluding hydrogens is 268 g/mol. The van der Waals surface area contributed by atoms with Crippen molar-refractivity contribution in [2.45, 2.75) is 0 Å². The second-order valence-corrected chi connectivity index (χ2v) is 3.89. The normalized spacial score (nSPS) is 9.79. The molecule has 0 radical (unpaired) electrons. The molecule has 2 aromatic heterocycles. The Balaban J connectivity index is 2.01. The molecule has 2 N–H and O–H groups in total. The number of rotatable bonds is 3. The van der Waals surface area contributed by atoms with Crippen LogP contribution in [0.5, 0.6) is 5.75 Å². The lowest BCUT2D eigenvalue weighted by molar-refractivity contribution is 0.262. The number of nitrogens with one attached hydrogen (secondary N) is 2. The standard InChI is InChI=1S/C12H11ClN4O2/c1-19-8-5-6-14-11(7-8)17-12(18)16-10-4-2-3-9(13)15-10/h2-7H,1H3,(H2,14,15,16,17,18). The number of aromatic nitrogens is 2. The summed E-state index contributed by atoms with van der Waals surface area (Å²) in [6.45, 7) is 0. The van der Waals surface area contributed by atoms with Crippen LogP contribution in [0.1, 0.15) is 0 Å². The minimum absolute atomic E-state index is 0.303. The van der Waals surface area contributed by atoms with Crippen LogP contribution in [0.4, 0.5) is 16.4 Å². The molecule has 2 aromatic rings. The molecule has 0 unspecified atom stereocenters. The number of halogens is 1. The molecule has 7 heteroatoms. The van der Waals surface area contributed by atoms with Crippen LogP contribution in [0.3, 0.4) is 0 Å². The first-order chi connectivity index (χ1) is 9.17. The van der Waals surface area contributed by atoms with Crippen molar-refractivity contribution in [2.24, 2.45) is 0 Å². The van der Waals surface area contributed by atoms with Crippen LogP contribution in [0.25, 0.3) is 0 Å². The van der Waals surface area contributed by atoms with Gasteiger partial charge in [0, 0.05) is 12.3 Å². The largest absolute Gasteiger partial charge is 0.497 e. The molecule has 0 saturated heterocycles. The van der Waals surface area contributed by atoms with Crippen molar-refractivity contribution in [2.75, 3.05) is 17.7 Å². The lowest BCUT2D eigenvalue weighted by Gasteiger charge is -2.07. The number of ether oxygens (including phenoxy) is 1. The van der Waals surface area contributed by atoms with E-state index in [0.717, 1.165) is 0 Å². The lowest BCUT2D eigenvalue weighted by atomic mass is 10.4. The average molecular weight is 279 g/mol. The zero-order valence-corrected chi connectivity index (χ0v) is 10.8. The maximum atomic E-state index is 11.7. The highest BCUT2D eigenvalue weighted by molar-refractivity contribution is 6.29. The first kappa shape index (κ1) is 13.1. The van der Waals surface area contributed by atoms with Crippen LogP contribution in [-0.2, 0) is 0 Å². The monoisotopic (exact) mass is 278 g/mol. The highest BCUT2D eigenvalue weighted by atomic mass is 35.5. The molecule has 0 bridgehead atoms. The SMILES string of the molecule is COc1ccnc(NC(=O)Nc2cccc(Cl)n2)c1. The molecule has 0 aliphatic heterocycles. The average Bonchev–Trinajstić information content (AvgIpc) is 2.38. The van der Waals surface area contributed by atoms with E-state index in [1.165, 1.54) is 13.3 Å². The van der Waals surface area contributed by atoms with Crippen LogP contribution in [-0.4, -0.2) is 23.1 Å². The van der Waals surface area contributed by atoms with Gasteiger partial charge in [0.05, 0.1) is 7.11 Å². The van der Waals surface area contributed by atoms with Gasteiger partial charge < -0.3 is 4.74 Å². The van der Waals surface area contributed by atoms with E-state index in [1.54, 1.807) is 30.3 Å². The number of amides is 2. The molecule has 0 fully saturated rings. The number of methoxy groups -OCH3 is 1. The molecule has 19 heavy (non-hydrogen) atoms. The van der Waals surface area contributed by atoms with Crippen molar-refractivity contribution in [3.63, 3.8) is 0 Å². The Morgan fingerprint density at radius 3 is 2.79 bits per heavy atom. The third-order valence-corrected chi connectivity index (χ3v) is 2.38. The predicted molar refractivity (Wildman–Crippen MR) is 72.7 cm³/mol. The maximum Gasteiger partial charge on any atom is 0.326 e. The Morgan fingerprint density at radius 1 is 1.26 bits per heavy atom.